The van der Waals surface area contributed by atoms with Gasteiger partial charge in [0, 0.05) is 49.7 Å². The number of sulfonamides is 1. The van der Waals surface area contributed by atoms with Crippen LogP contribution in [-0.2, 0) is 23.0 Å². The first-order chi connectivity index (χ1) is 16.5. The molecule has 2 aliphatic rings. The van der Waals surface area contributed by atoms with Crippen molar-refractivity contribution >= 4 is 33.0 Å². The van der Waals surface area contributed by atoms with E-state index in [9.17, 15) is 13.2 Å². The van der Waals surface area contributed by atoms with Gasteiger partial charge in [0.1, 0.15) is 5.75 Å². The van der Waals surface area contributed by atoms with E-state index in [1.807, 2.05) is 35.7 Å². The number of hydrogen-bond acceptors (Lipinski definition) is 6. The van der Waals surface area contributed by atoms with E-state index in [0.717, 1.165) is 23.4 Å². The number of amides is 1. The Bertz CT molecular complexity index is 1300. The van der Waals surface area contributed by atoms with Gasteiger partial charge in [-0.3, -0.25) is 4.79 Å². The number of piperazine rings is 1. The van der Waals surface area contributed by atoms with Crippen molar-refractivity contribution in [2.45, 2.75) is 17.9 Å². The fourth-order valence-corrected chi connectivity index (χ4v) is 6.95. The number of hydrogen-bond donors (Lipinski definition) is 0. The zero-order chi connectivity index (χ0) is 23.7. The summed E-state index contributed by atoms with van der Waals surface area (Å²) in [7, 11) is -2.02. The predicted octanol–water partition coefficient (Wildman–Crippen LogP) is 3.47. The molecule has 0 spiro atoms. The Hall–Kier alpha value is -2.88. The highest BCUT2D eigenvalue weighted by atomic mass is 32.2. The van der Waals surface area contributed by atoms with Crippen molar-refractivity contribution in [3.05, 3.63) is 76.0 Å². The van der Waals surface area contributed by atoms with Crippen LogP contribution in [0.2, 0.25) is 0 Å². The van der Waals surface area contributed by atoms with Crippen LogP contribution in [0.3, 0.4) is 0 Å². The average molecular weight is 498 g/mol. The summed E-state index contributed by atoms with van der Waals surface area (Å²) in [5.41, 5.74) is 2.49. The number of nitrogens with zero attached hydrogens (tertiary/aromatic N) is 3. The molecule has 9 heteroatoms. The van der Waals surface area contributed by atoms with Gasteiger partial charge < -0.3 is 14.5 Å². The number of carbonyl (C=O) groups excluding carboxylic acids is 1. The van der Waals surface area contributed by atoms with Crippen molar-refractivity contribution < 1.29 is 17.9 Å². The number of anilines is 1. The minimum atomic E-state index is -3.68. The number of fused-ring (bicyclic) bond motifs is 1. The first-order valence-electron chi connectivity index (χ1n) is 11.3. The number of methoxy groups -OCH3 is 1. The minimum absolute atomic E-state index is 0.143. The van der Waals surface area contributed by atoms with E-state index >= 15 is 0 Å². The van der Waals surface area contributed by atoms with Crippen LogP contribution in [0.5, 0.6) is 5.75 Å². The molecular formula is C25H27N3O4S2. The summed E-state index contributed by atoms with van der Waals surface area (Å²) >= 11 is 1.67. The van der Waals surface area contributed by atoms with Crippen LogP contribution in [0.1, 0.15) is 20.8 Å². The second-order valence-electron chi connectivity index (χ2n) is 8.44. The summed E-state index contributed by atoms with van der Waals surface area (Å²) < 4.78 is 33.6. The number of ether oxygens (including phenoxy) is 1. The maximum atomic E-state index is 13.3. The van der Waals surface area contributed by atoms with Crippen molar-refractivity contribution in [2.75, 3.05) is 44.7 Å². The van der Waals surface area contributed by atoms with E-state index in [-0.39, 0.29) is 10.8 Å². The van der Waals surface area contributed by atoms with Gasteiger partial charge in [0.15, 0.2) is 0 Å². The molecule has 0 bridgehead atoms. The molecule has 0 unspecified atom stereocenters. The van der Waals surface area contributed by atoms with Gasteiger partial charge in [0.05, 0.1) is 17.7 Å². The molecule has 0 saturated carbocycles. The molecule has 1 aromatic heterocycles. The maximum absolute atomic E-state index is 13.3. The van der Waals surface area contributed by atoms with Gasteiger partial charge in [-0.25, -0.2) is 8.42 Å². The van der Waals surface area contributed by atoms with Crippen LogP contribution in [0.4, 0.5) is 5.69 Å². The van der Waals surface area contributed by atoms with Gasteiger partial charge >= 0.3 is 0 Å². The summed E-state index contributed by atoms with van der Waals surface area (Å²) in [4.78, 5) is 18.6. The predicted molar refractivity (Wildman–Crippen MR) is 133 cm³/mol. The second-order valence-corrected chi connectivity index (χ2v) is 11.4. The molecule has 34 heavy (non-hydrogen) atoms. The summed E-state index contributed by atoms with van der Waals surface area (Å²) in [5, 5.41) is 2.01. The molecule has 3 heterocycles. The van der Waals surface area contributed by atoms with Crippen LogP contribution in [-0.4, -0.2) is 63.4 Å². The third-order valence-corrected chi connectivity index (χ3v) is 9.35. The van der Waals surface area contributed by atoms with Crippen molar-refractivity contribution in [3.63, 3.8) is 0 Å². The Morgan fingerprint density at radius 3 is 2.56 bits per heavy atom. The van der Waals surface area contributed by atoms with Crippen molar-refractivity contribution in [2.24, 2.45) is 0 Å². The molecule has 2 aromatic carbocycles. The average Bonchev–Trinajstić information content (AvgIpc) is 3.36. The standard InChI is InChI=1S/C25H27N3O4S2/c1-32-23-8-3-2-7-22(23)26-12-14-27(15-13-26)25(29)19-5-4-6-21(17-19)34(30,31)28-11-9-24-20(18-28)10-16-33-24/h2-8,10,16-17H,9,11-15,18H2,1H3. The lowest BCUT2D eigenvalue weighted by Gasteiger charge is -2.36. The first-order valence-corrected chi connectivity index (χ1v) is 13.6. The largest absolute Gasteiger partial charge is 0.495 e. The zero-order valence-corrected chi connectivity index (χ0v) is 20.6. The van der Waals surface area contributed by atoms with E-state index in [4.69, 9.17) is 4.74 Å². The Balaban J connectivity index is 1.29. The fraction of sp³-hybridized carbons (Fsp3) is 0.320. The summed E-state index contributed by atoms with van der Waals surface area (Å²) in [6.07, 6.45) is 0.724. The summed E-state index contributed by atoms with van der Waals surface area (Å²) in [5.74, 6) is 0.669. The molecular weight excluding hydrogens is 470 g/mol. The smallest absolute Gasteiger partial charge is 0.254 e. The molecule has 0 N–H and O–H groups in total. The van der Waals surface area contributed by atoms with Gasteiger partial charge in [0.2, 0.25) is 10.0 Å². The lowest BCUT2D eigenvalue weighted by Crippen LogP contribution is -2.48. The molecule has 1 fully saturated rings. The maximum Gasteiger partial charge on any atom is 0.254 e. The van der Waals surface area contributed by atoms with Crippen molar-refractivity contribution in [1.82, 2.24) is 9.21 Å². The molecule has 1 amide bonds. The van der Waals surface area contributed by atoms with Gasteiger partial charge in [-0.1, -0.05) is 18.2 Å². The van der Waals surface area contributed by atoms with Crippen molar-refractivity contribution in [3.8, 4) is 5.75 Å². The Kier molecular flexibility index (Phi) is 6.33. The highest BCUT2D eigenvalue weighted by molar-refractivity contribution is 7.89. The lowest BCUT2D eigenvalue weighted by atomic mass is 10.1. The zero-order valence-electron chi connectivity index (χ0n) is 19.0. The molecule has 3 aromatic rings. The van der Waals surface area contributed by atoms with Crippen LogP contribution in [0.25, 0.3) is 0 Å². The number of benzene rings is 2. The summed E-state index contributed by atoms with van der Waals surface area (Å²) in [6.45, 7) is 3.31. The van der Waals surface area contributed by atoms with E-state index in [0.29, 0.717) is 44.8 Å². The van der Waals surface area contributed by atoms with E-state index in [2.05, 4.69) is 4.90 Å². The number of para-hydroxylation sites is 2. The Morgan fingerprint density at radius 2 is 1.76 bits per heavy atom. The quantitative estimate of drug-likeness (QED) is 0.540. The van der Waals surface area contributed by atoms with E-state index in [1.54, 1.807) is 41.5 Å². The Morgan fingerprint density at radius 1 is 0.971 bits per heavy atom. The molecule has 2 aliphatic heterocycles. The number of carbonyl (C=O) groups is 1. The lowest BCUT2D eigenvalue weighted by molar-refractivity contribution is 0.0746. The van der Waals surface area contributed by atoms with Crippen LogP contribution in [0.15, 0.2) is 64.9 Å². The molecule has 0 radical (unpaired) electrons. The second kappa shape index (κ2) is 9.40. The third-order valence-electron chi connectivity index (χ3n) is 6.48. The molecule has 7 nitrogen and oxygen atoms in total. The molecule has 178 valence electrons. The summed E-state index contributed by atoms with van der Waals surface area (Å²) in [6, 6.07) is 16.3. The normalized spacial score (nSPS) is 16.9. The number of rotatable bonds is 5. The van der Waals surface area contributed by atoms with Gasteiger partial charge in [-0.2, -0.15) is 4.31 Å². The van der Waals surface area contributed by atoms with Gasteiger partial charge in [-0.05, 0) is 53.8 Å². The first kappa shape index (κ1) is 22.9. The highest BCUT2D eigenvalue weighted by Gasteiger charge is 2.30. The van der Waals surface area contributed by atoms with Crippen LogP contribution in [0, 0.1) is 0 Å². The van der Waals surface area contributed by atoms with Gasteiger partial charge in [0.25, 0.3) is 5.91 Å². The highest BCUT2D eigenvalue weighted by Crippen LogP contribution is 2.30. The van der Waals surface area contributed by atoms with Crippen molar-refractivity contribution in [1.29, 1.82) is 0 Å². The van der Waals surface area contributed by atoms with E-state index < -0.39 is 10.0 Å². The minimum Gasteiger partial charge on any atom is -0.495 e. The SMILES string of the molecule is COc1ccccc1N1CCN(C(=O)c2cccc(S(=O)(=O)N3CCc4sccc4C3)c2)CC1. The third kappa shape index (κ3) is 4.31. The number of thiophene rings is 1. The fourth-order valence-electron chi connectivity index (χ4n) is 4.59. The van der Waals surface area contributed by atoms with Crippen LogP contribution >= 0.6 is 11.3 Å². The van der Waals surface area contributed by atoms with Crippen LogP contribution < -0.4 is 9.64 Å². The molecule has 0 aliphatic carbocycles. The monoisotopic (exact) mass is 497 g/mol. The molecule has 0 atom stereocenters. The topological polar surface area (TPSA) is 70.2 Å². The molecule has 5 rings (SSSR count). The Labute approximate surface area is 204 Å². The molecule has 1 saturated heterocycles. The van der Waals surface area contributed by atoms with Gasteiger partial charge in [-0.15, -0.1) is 11.3 Å². The van der Waals surface area contributed by atoms with E-state index in [1.165, 1.54) is 15.2 Å².